The molecule has 2 saturated carbocycles. The number of benzene rings is 1. The molecule has 0 radical (unpaired) electrons. The predicted octanol–water partition coefficient (Wildman–Crippen LogP) is 6.08. The predicted molar refractivity (Wildman–Crippen MR) is 119 cm³/mol. The summed E-state index contributed by atoms with van der Waals surface area (Å²) >= 11 is 0. The molecule has 0 spiro atoms. The number of aliphatic carboxylic acids is 1. The zero-order valence-electron chi connectivity index (χ0n) is 18.8. The van der Waals surface area contributed by atoms with Crippen molar-refractivity contribution in [2.45, 2.75) is 109 Å². The molecule has 2 aliphatic rings. The molecule has 0 aromatic heterocycles. The normalized spacial score (nSPS) is 18.1. The van der Waals surface area contributed by atoms with Crippen LogP contribution in [-0.4, -0.2) is 23.1 Å². The van der Waals surface area contributed by atoms with Crippen LogP contribution in [0.15, 0.2) is 12.1 Å². The number of hydrogen-bond donors (Lipinski definition) is 1. The van der Waals surface area contributed by atoms with Crippen LogP contribution in [0.25, 0.3) is 0 Å². The molecule has 2 fully saturated rings. The number of carbonyl (C=O) groups is 2. The number of hydrogen-bond acceptors (Lipinski definition) is 3. The first-order valence-corrected chi connectivity index (χ1v) is 11.8. The van der Waals surface area contributed by atoms with Gasteiger partial charge >= 0.3 is 5.97 Å². The summed E-state index contributed by atoms with van der Waals surface area (Å²) in [6, 6.07) is 4.54. The van der Waals surface area contributed by atoms with Crippen LogP contribution in [0.3, 0.4) is 0 Å². The van der Waals surface area contributed by atoms with E-state index in [1.807, 2.05) is 0 Å². The van der Waals surface area contributed by atoms with E-state index in [9.17, 15) is 14.7 Å². The minimum atomic E-state index is -0.593. The molecule has 0 saturated heterocycles. The lowest BCUT2D eigenvalue weighted by atomic mass is 9.90. The van der Waals surface area contributed by atoms with Crippen LogP contribution in [0.4, 0.5) is 0 Å². The molecule has 30 heavy (non-hydrogen) atoms. The highest BCUT2D eigenvalue weighted by atomic mass is 16.5. The third-order valence-electron chi connectivity index (χ3n) is 7.52. The summed E-state index contributed by atoms with van der Waals surface area (Å²) in [7, 11) is 0. The van der Waals surface area contributed by atoms with E-state index >= 15 is 0 Å². The van der Waals surface area contributed by atoms with Crippen molar-refractivity contribution in [3.05, 3.63) is 34.4 Å². The van der Waals surface area contributed by atoms with Crippen LogP contribution in [0.2, 0.25) is 0 Å². The highest BCUT2D eigenvalue weighted by Crippen LogP contribution is 2.50. The fourth-order valence-electron chi connectivity index (χ4n) is 4.87. The second-order valence-corrected chi connectivity index (χ2v) is 9.75. The van der Waals surface area contributed by atoms with Gasteiger partial charge in [-0.25, -0.2) is 0 Å². The Balaban J connectivity index is 1.38. The van der Waals surface area contributed by atoms with Gasteiger partial charge in [-0.05, 0) is 107 Å². The molecule has 0 atom stereocenters. The third kappa shape index (κ3) is 5.86. The van der Waals surface area contributed by atoms with Crippen LogP contribution in [0, 0.1) is 19.3 Å². The average molecular weight is 415 g/mol. The van der Waals surface area contributed by atoms with Gasteiger partial charge in [0.2, 0.25) is 0 Å². The van der Waals surface area contributed by atoms with Gasteiger partial charge in [-0.2, -0.15) is 0 Å². The van der Waals surface area contributed by atoms with Gasteiger partial charge in [0.15, 0.2) is 0 Å². The van der Waals surface area contributed by atoms with E-state index in [1.165, 1.54) is 35.1 Å². The van der Waals surface area contributed by atoms with Crippen LogP contribution >= 0.6 is 0 Å². The molecule has 4 heteroatoms. The van der Waals surface area contributed by atoms with Crippen molar-refractivity contribution < 1.29 is 19.4 Å². The van der Waals surface area contributed by atoms with E-state index in [4.69, 9.17) is 4.74 Å². The van der Waals surface area contributed by atoms with E-state index in [-0.39, 0.29) is 11.0 Å². The molecule has 0 unspecified atom stereocenters. The molecule has 1 N–H and O–H groups in total. The van der Waals surface area contributed by atoms with Crippen molar-refractivity contribution in [1.82, 2.24) is 0 Å². The Labute approximate surface area is 181 Å². The molecule has 166 valence electrons. The Morgan fingerprint density at radius 2 is 1.63 bits per heavy atom. The first-order chi connectivity index (χ1) is 14.4. The smallest absolute Gasteiger partial charge is 0.309 e. The zero-order valence-corrected chi connectivity index (χ0v) is 18.8. The van der Waals surface area contributed by atoms with Gasteiger partial charge in [0.1, 0.15) is 5.60 Å². The lowest BCUT2D eigenvalue weighted by Crippen LogP contribution is -2.14. The largest absolute Gasteiger partial charge is 0.481 e. The molecular weight excluding hydrogens is 376 g/mol. The second-order valence-electron chi connectivity index (χ2n) is 9.75. The number of carbonyl (C=O) groups excluding carboxylic acids is 1. The van der Waals surface area contributed by atoms with Crippen LogP contribution in [0.1, 0.15) is 99.3 Å². The van der Waals surface area contributed by atoms with Crippen molar-refractivity contribution in [2.75, 3.05) is 0 Å². The summed E-state index contributed by atoms with van der Waals surface area (Å²) in [5.74, 6) is -0.593. The summed E-state index contributed by atoms with van der Waals surface area (Å²) in [6.07, 6.45) is 14.6. The molecule has 0 amide bonds. The van der Waals surface area contributed by atoms with E-state index in [0.717, 1.165) is 77.0 Å². The molecule has 1 aromatic carbocycles. The summed E-state index contributed by atoms with van der Waals surface area (Å²) < 4.78 is 5.24. The fourth-order valence-corrected chi connectivity index (χ4v) is 4.87. The topological polar surface area (TPSA) is 63.6 Å². The lowest BCUT2D eigenvalue weighted by Gasteiger charge is -2.16. The van der Waals surface area contributed by atoms with Gasteiger partial charge < -0.3 is 9.84 Å². The maximum Gasteiger partial charge on any atom is 0.309 e. The number of carboxylic acids is 1. The lowest BCUT2D eigenvalue weighted by molar-refractivity contribution is -0.143. The van der Waals surface area contributed by atoms with E-state index in [1.54, 1.807) is 0 Å². The SMILES string of the molecule is Cc1ccc(CCCCCC2(C(=O)O)CC2)c(C)c1CCCCCC1(OC=O)CC1. The van der Waals surface area contributed by atoms with Gasteiger partial charge in [0, 0.05) is 0 Å². The molecule has 2 aliphatic carbocycles. The summed E-state index contributed by atoms with van der Waals surface area (Å²) in [5.41, 5.74) is 5.30. The van der Waals surface area contributed by atoms with Crippen molar-refractivity contribution in [1.29, 1.82) is 0 Å². The minimum absolute atomic E-state index is 0.114. The summed E-state index contributed by atoms with van der Waals surface area (Å²) in [4.78, 5) is 21.9. The van der Waals surface area contributed by atoms with E-state index in [2.05, 4.69) is 26.0 Å². The van der Waals surface area contributed by atoms with Crippen LogP contribution in [0.5, 0.6) is 0 Å². The standard InChI is InChI=1S/C26H38O4/c1-20-11-12-22(9-5-3-7-13-25(15-16-25)24(28)29)21(2)23(20)10-6-4-8-14-26(17-18-26)30-19-27/h11-12,19H,3-10,13-18H2,1-2H3,(H,28,29). The maximum absolute atomic E-state index is 11.3. The second kappa shape index (κ2) is 9.98. The number of rotatable bonds is 15. The summed E-state index contributed by atoms with van der Waals surface area (Å²) in [5, 5.41) is 9.28. The molecule has 0 aliphatic heterocycles. The van der Waals surface area contributed by atoms with Crippen LogP contribution < -0.4 is 0 Å². The summed E-state index contributed by atoms with van der Waals surface area (Å²) in [6.45, 7) is 5.09. The molecule has 0 heterocycles. The molecule has 1 aromatic rings. The van der Waals surface area contributed by atoms with Crippen LogP contribution in [-0.2, 0) is 27.2 Å². The quantitative estimate of drug-likeness (QED) is 0.279. The van der Waals surface area contributed by atoms with Crippen molar-refractivity contribution in [2.24, 2.45) is 5.41 Å². The zero-order chi connectivity index (χ0) is 21.6. The number of ether oxygens (including phenoxy) is 1. The van der Waals surface area contributed by atoms with E-state index < -0.39 is 5.97 Å². The maximum atomic E-state index is 11.3. The minimum Gasteiger partial charge on any atom is -0.481 e. The van der Waals surface area contributed by atoms with E-state index in [0.29, 0.717) is 6.47 Å². The highest BCUT2D eigenvalue weighted by Gasteiger charge is 2.49. The Morgan fingerprint density at radius 3 is 2.23 bits per heavy atom. The number of carboxylic acid groups (broad SMARTS) is 1. The van der Waals surface area contributed by atoms with Gasteiger partial charge in [0.25, 0.3) is 6.47 Å². The monoisotopic (exact) mass is 414 g/mol. The Hall–Kier alpha value is -1.84. The van der Waals surface area contributed by atoms with Crippen molar-refractivity contribution >= 4 is 12.4 Å². The van der Waals surface area contributed by atoms with Gasteiger partial charge in [-0.15, -0.1) is 0 Å². The fraction of sp³-hybridized carbons (Fsp3) is 0.692. The Kier molecular flexibility index (Phi) is 7.60. The number of unbranched alkanes of at least 4 members (excludes halogenated alkanes) is 4. The first kappa shape index (κ1) is 22.8. The number of aryl methyl sites for hydroxylation is 2. The molecule has 3 rings (SSSR count). The Morgan fingerprint density at radius 1 is 0.967 bits per heavy atom. The van der Waals surface area contributed by atoms with Crippen molar-refractivity contribution in [3.63, 3.8) is 0 Å². The molecule has 0 bridgehead atoms. The van der Waals surface area contributed by atoms with Gasteiger partial charge in [0.05, 0.1) is 5.41 Å². The average Bonchev–Trinajstić information content (AvgIpc) is 3.63. The highest BCUT2D eigenvalue weighted by molar-refractivity contribution is 5.77. The van der Waals surface area contributed by atoms with Crippen molar-refractivity contribution in [3.8, 4) is 0 Å². The Bertz CT molecular complexity index is 744. The first-order valence-electron chi connectivity index (χ1n) is 11.8. The van der Waals surface area contributed by atoms with Gasteiger partial charge in [-0.1, -0.05) is 31.4 Å². The van der Waals surface area contributed by atoms with Gasteiger partial charge in [-0.3, -0.25) is 9.59 Å². The molecule has 4 nitrogen and oxygen atoms in total. The third-order valence-corrected chi connectivity index (χ3v) is 7.52. The molecular formula is C26H38O4.